The second-order valence-electron chi connectivity index (χ2n) is 6.63. The van der Waals surface area contributed by atoms with Crippen molar-refractivity contribution in [2.45, 2.75) is 38.4 Å². The van der Waals surface area contributed by atoms with Crippen LogP contribution in [0, 0.1) is 5.92 Å². The Bertz CT molecular complexity index is 903. The van der Waals surface area contributed by atoms with Crippen LogP contribution in [0.3, 0.4) is 0 Å². The number of aryl methyl sites for hydroxylation is 1. The summed E-state index contributed by atoms with van der Waals surface area (Å²) in [5, 5.41) is 16.1. The van der Waals surface area contributed by atoms with Crippen molar-refractivity contribution in [1.29, 1.82) is 0 Å². The highest BCUT2D eigenvalue weighted by Crippen LogP contribution is 2.29. The summed E-state index contributed by atoms with van der Waals surface area (Å²) in [7, 11) is 0. The molecule has 1 unspecified atom stereocenters. The lowest BCUT2D eigenvalue weighted by Gasteiger charge is -2.15. The summed E-state index contributed by atoms with van der Waals surface area (Å²) >= 11 is 1.46. The number of carboxylic acid groups (broad SMARTS) is 2. The first-order chi connectivity index (χ1) is 14.3. The van der Waals surface area contributed by atoms with Gasteiger partial charge in [-0.2, -0.15) is 13.2 Å². The minimum absolute atomic E-state index is 0.396. The minimum atomic E-state index is -5.08. The summed E-state index contributed by atoms with van der Waals surface area (Å²) in [6.07, 6.45) is -1.85. The van der Waals surface area contributed by atoms with E-state index < -0.39 is 30.1 Å². The van der Waals surface area contributed by atoms with Crippen molar-refractivity contribution in [2.75, 3.05) is 0 Å². The van der Waals surface area contributed by atoms with Crippen LogP contribution in [0.4, 0.5) is 13.2 Å². The van der Waals surface area contributed by atoms with E-state index in [1.54, 1.807) is 24.3 Å². The Kier molecular flexibility index (Phi) is 9.59. The maximum Gasteiger partial charge on any atom is 0.490 e. The molecular weight excluding hydrogens is 439 g/mol. The van der Waals surface area contributed by atoms with Crippen molar-refractivity contribution in [3.05, 3.63) is 51.5 Å². The highest BCUT2D eigenvalue weighted by Gasteiger charge is 2.38. The Hall–Kier alpha value is -2.99. The zero-order valence-corrected chi connectivity index (χ0v) is 17.2. The maximum absolute atomic E-state index is 10.9. The molecule has 0 bridgehead atoms. The lowest BCUT2D eigenvalue weighted by Crippen LogP contribution is -2.21. The SMILES string of the molecule is CC1CCc2nc(C(N)=O)sc2C1.N[C@H](C(=O)O)c1ccccc1.O=C(O)C(F)(F)F. The molecule has 2 aromatic rings. The molecule has 0 aliphatic heterocycles. The standard InChI is InChI=1S/C9H12N2OS.C8H9NO2.C2HF3O2/c1-5-2-3-6-7(4-5)13-9(11-6)8(10)12;9-7(8(10)11)6-4-2-1-3-5-6;3-2(4,5)1(6)7/h5H,2-4H2,1H3,(H2,10,12);1-5,7H,9H2,(H,10,11);(H,6,7)/t;7-;/m.0./s1. The number of amides is 1. The number of nitrogens with zero attached hydrogens (tertiary/aromatic N) is 1. The molecule has 170 valence electrons. The van der Waals surface area contributed by atoms with Gasteiger partial charge in [-0.25, -0.2) is 9.78 Å². The molecule has 1 aromatic carbocycles. The Balaban J connectivity index is 0.000000245. The monoisotopic (exact) mass is 461 g/mol. The largest absolute Gasteiger partial charge is 0.490 e. The lowest BCUT2D eigenvalue weighted by molar-refractivity contribution is -0.192. The number of hydrogen-bond donors (Lipinski definition) is 4. The fraction of sp³-hybridized carbons (Fsp3) is 0.368. The number of hydrogen-bond acceptors (Lipinski definition) is 6. The first kappa shape index (κ1) is 26.0. The summed E-state index contributed by atoms with van der Waals surface area (Å²) in [4.78, 5) is 35.6. The number of nitrogens with two attached hydrogens (primary N) is 2. The van der Waals surface area contributed by atoms with E-state index in [4.69, 9.17) is 26.5 Å². The Morgan fingerprint density at radius 1 is 1.19 bits per heavy atom. The number of benzene rings is 1. The molecule has 1 amide bonds. The molecule has 6 N–H and O–H groups in total. The van der Waals surface area contributed by atoms with Gasteiger partial charge in [0, 0.05) is 4.88 Å². The average molecular weight is 461 g/mol. The van der Waals surface area contributed by atoms with Gasteiger partial charge in [0.05, 0.1) is 5.69 Å². The number of halogens is 3. The van der Waals surface area contributed by atoms with Crippen molar-refractivity contribution in [3.8, 4) is 0 Å². The number of primary amides is 1. The van der Waals surface area contributed by atoms with Crippen LogP contribution < -0.4 is 11.5 Å². The van der Waals surface area contributed by atoms with Crippen molar-refractivity contribution in [1.82, 2.24) is 4.98 Å². The van der Waals surface area contributed by atoms with Crippen LogP contribution in [0.2, 0.25) is 0 Å². The second kappa shape index (κ2) is 11.4. The average Bonchev–Trinajstić information content (AvgIpc) is 3.12. The molecule has 12 heteroatoms. The molecule has 0 saturated heterocycles. The van der Waals surface area contributed by atoms with Crippen molar-refractivity contribution in [2.24, 2.45) is 17.4 Å². The Labute approximate surface area is 179 Å². The van der Waals surface area contributed by atoms with Gasteiger partial charge in [0.25, 0.3) is 5.91 Å². The van der Waals surface area contributed by atoms with E-state index in [1.807, 2.05) is 6.07 Å². The number of thiazole rings is 1. The van der Waals surface area contributed by atoms with E-state index >= 15 is 0 Å². The van der Waals surface area contributed by atoms with Crippen molar-refractivity contribution < 1.29 is 37.8 Å². The molecule has 1 aromatic heterocycles. The first-order valence-corrected chi connectivity index (χ1v) is 9.76. The van der Waals surface area contributed by atoms with E-state index in [9.17, 15) is 22.8 Å². The quantitative estimate of drug-likeness (QED) is 0.547. The van der Waals surface area contributed by atoms with Gasteiger partial charge >= 0.3 is 18.1 Å². The summed E-state index contributed by atoms with van der Waals surface area (Å²) < 4.78 is 31.7. The second-order valence-corrected chi connectivity index (χ2v) is 7.71. The number of fused-ring (bicyclic) bond motifs is 1. The van der Waals surface area contributed by atoms with Gasteiger partial charge in [0.1, 0.15) is 6.04 Å². The highest BCUT2D eigenvalue weighted by molar-refractivity contribution is 7.13. The van der Waals surface area contributed by atoms with Gasteiger partial charge in [-0.3, -0.25) is 9.59 Å². The summed E-state index contributed by atoms with van der Waals surface area (Å²) in [5.41, 5.74) is 12.2. The Morgan fingerprint density at radius 3 is 2.19 bits per heavy atom. The van der Waals surface area contributed by atoms with Crippen LogP contribution >= 0.6 is 11.3 Å². The third-order valence-electron chi connectivity index (χ3n) is 4.06. The van der Waals surface area contributed by atoms with E-state index in [2.05, 4.69) is 11.9 Å². The van der Waals surface area contributed by atoms with Crippen LogP contribution in [-0.4, -0.2) is 39.2 Å². The van der Waals surface area contributed by atoms with Crippen molar-refractivity contribution in [3.63, 3.8) is 0 Å². The van der Waals surface area contributed by atoms with Gasteiger partial charge in [-0.15, -0.1) is 11.3 Å². The molecule has 0 radical (unpaired) electrons. The van der Waals surface area contributed by atoms with E-state index in [0.29, 0.717) is 16.5 Å². The van der Waals surface area contributed by atoms with Crippen LogP contribution in [0.5, 0.6) is 0 Å². The molecule has 1 aliphatic carbocycles. The van der Waals surface area contributed by atoms with Crippen LogP contribution in [0.15, 0.2) is 30.3 Å². The van der Waals surface area contributed by atoms with Crippen LogP contribution in [0.25, 0.3) is 0 Å². The molecule has 0 spiro atoms. The maximum atomic E-state index is 10.9. The van der Waals surface area contributed by atoms with Crippen LogP contribution in [0.1, 0.15) is 45.3 Å². The molecule has 3 rings (SSSR count). The molecule has 0 fully saturated rings. The van der Waals surface area contributed by atoms with E-state index in [1.165, 1.54) is 22.6 Å². The lowest BCUT2D eigenvalue weighted by atomic mass is 9.93. The van der Waals surface area contributed by atoms with Gasteiger partial charge in [0.2, 0.25) is 0 Å². The predicted octanol–water partition coefficient (Wildman–Crippen LogP) is 2.77. The fourth-order valence-electron chi connectivity index (χ4n) is 2.45. The zero-order valence-electron chi connectivity index (χ0n) is 16.4. The summed E-state index contributed by atoms with van der Waals surface area (Å²) in [6.45, 7) is 2.23. The predicted molar refractivity (Wildman–Crippen MR) is 107 cm³/mol. The number of aliphatic carboxylic acids is 2. The molecule has 1 aliphatic rings. The first-order valence-electron chi connectivity index (χ1n) is 8.94. The number of rotatable bonds is 3. The normalized spacial score (nSPS) is 15.8. The number of aromatic nitrogens is 1. The molecule has 2 atom stereocenters. The molecule has 31 heavy (non-hydrogen) atoms. The summed E-state index contributed by atoms with van der Waals surface area (Å²) in [6, 6.07) is 7.82. The van der Waals surface area contributed by atoms with Gasteiger partial charge < -0.3 is 21.7 Å². The van der Waals surface area contributed by atoms with E-state index in [-0.39, 0.29) is 0 Å². The minimum Gasteiger partial charge on any atom is -0.480 e. The number of carbonyl (C=O) groups is 3. The van der Waals surface area contributed by atoms with Gasteiger partial charge in [0.15, 0.2) is 5.01 Å². The van der Waals surface area contributed by atoms with Gasteiger partial charge in [-0.05, 0) is 30.7 Å². The summed E-state index contributed by atoms with van der Waals surface area (Å²) in [5.74, 6) is -3.44. The molecule has 8 nitrogen and oxygen atoms in total. The smallest absolute Gasteiger partial charge is 0.480 e. The highest BCUT2D eigenvalue weighted by atomic mass is 32.1. The number of carbonyl (C=O) groups excluding carboxylic acids is 1. The fourth-order valence-corrected chi connectivity index (χ4v) is 3.57. The Morgan fingerprint density at radius 2 is 1.74 bits per heavy atom. The molecular formula is C19H22F3N3O5S. The van der Waals surface area contributed by atoms with E-state index in [0.717, 1.165) is 18.5 Å². The number of carboxylic acids is 2. The molecule has 1 heterocycles. The third-order valence-corrected chi connectivity index (χ3v) is 5.20. The topological polar surface area (TPSA) is 157 Å². The van der Waals surface area contributed by atoms with Gasteiger partial charge in [-0.1, -0.05) is 37.3 Å². The number of alkyl halides is 3. The third kappa shape index (κ3) is 8.72. The van der Waals surface area contributed by atoms with Crippen molar-refractivity contribution >= 4 is 29.2 Å². The molecule has 0 saturated carbocycles. The van der Waals surface area contributed by atoms with Crippen LogP contribution in [-0.2, 0) is 22.4 Å². The zero-order chi connectivity index (χ0) is 23.8.